The summed E-state index contributed by atoms with van der Waals surface area (Å²) in [7, 11) is -3.86. The Morgan fingerprint density at radius 3 is 2.45 bits per heavy atom. The molecule has 0 heterocycles. The van der Waals surface area contributed by atoms with E-state index in [0.717, 1.165) is 6.21 Å². The molecule has 0 aromatic heterocycles. The summed E-state index contributed by atoms with van der Waals surface area (Å²) in [6.45, 7) is 0. The molecule has 7 heteroatoms. The van der Waals surface area contributed by atoms with Crippen molar-refractivity contribution in [2.75, 3.05) is 0 Å². The molecular formula is C13H10ClNO4S. The van der Waals surface area contributed by atoms with E-state index in [4.69, 9.17) is 16.7 Å². The van der Waals surface area contributed by atoms with Crippen LogP contribution in [0, 0.1) is 0 Å². The summed E-state index contributed by atoms with van der Waals surface area (Å²) < 4.78 is 27.4. The first-order chi connectivity index (χ1) is 9.38. The van der Waals surface area contributed by atoms with E-state index in [-0.39, 0.29) is 16.4 Å². The Morgan fingerprint density at radius 1 is 1.05 bits per heavy atom. The van der Waals surface area contributed by atoms with E-state index in [1.165, 1.54) is 36.4 Å². The quantitative estimate of drug-likeness (QED) is 0.673. The zero-order valence-electron chi connectivity index (χ0n) is 10.1. The van der Waals surface area contributed by atoms with Gasteiger partial charge in [-0.3, -0.25) is 0 Å². The molecule has 0 bridgehead atoms. The summed E-state index contributed by atoms with van der Waals surface area (Å²) in [5, 5.41) is 18.8. The fraction of sp³-hybridized carbons (Fsp3) is 0. The Bertz CT molecular complexity index is 772. The third kappa shape index (κ3) is 3.28. The molecule has 2 aromatic rings. The van der Waals surface area contributed by atoms with Crippen molar-refractivity contribution >= 4 is 27.8 Å². The Morgan fingerprint density at radius 2 is 1.80 bits per heavy atom. The highest BCUT2D eigenvalue weighted by molar-refractivity contribution is 7.90. The van der Waals surface area contributed by atoms with Crippen LogP contribution in [0.3, 0.4) is 0 Å². The monoisotopic (exact) mass is 311 g/mol. The Hall–Kier alpha value is -2.05. The van der Waals surface area contributed by atoms with Crippen molar-refractivity contribution in [3.8, 4) is 11.5 Å². The van der Waals surface area contributed by atoms with Gasteiger partial charge >= 0.3 is 0 Å². The van der Waals surface area contributed by atoms with Gasteiger partial charge < -0.3 is 10.2 Å². The standard InChI is InChI=1S/C13H10ClNO4S/c14-10-2-1-3-11(7-10)20(18,19)15-8-9-4-5-12(16)13(17)6-9/h1-8,16-17H. The molecule has 0 aliphatic rings. The smallest absolute Gasteiger partial charge is 0.282 e. The van der Waals surface area contributed by atoms with Crippen LogP contribution >= 0.6 is 11.6 Å². The van der Waals surface area contributed by atoms with E-state index in [2.05, 4.69) is 4.40 Å². The van der Waals surface area contributed by atoms with Gasteiger partial charge in [-0.1, -0.05) is 17.7 Å². The topological polar surface area (TPSA) is 87.0 Å². The molecule has 2 aromatic carbocycles. The number of hydrogen-bond acceptors (Lipinski definition) is 4. The number of sulfonamides is 1. The second-order valence-electron chi connectivity index (χ2n) is 3.92. The summed E-state index contributed by atoms with van der Waals surface area (Å²) in [6, 6.07) is 9.61. The highest BCUT2D eigenvalue weighted by atomic mass is 35.5. The van der Waals surface area contributed by atoms with Crippen LogP contribution in [0.25, 0.3) is 0 Å². The molecule has 0 saturated heterocycles. The average Bonchev–Trinajstić information content (AvgIpc) is 2.40. The Balaban J connectivity index is 2.32. The molecule has 0 spiro atoms. The van der Waals surface area contributed by atoms with Crippen LogP contribution < -0.4 is 0 Å². The van der Waals surface area contributed by atoms with Crippen molar-refractivity contribution < 1.29 is 18.6 Å². The second-order valence-corrected chi connectivity index (χ2v) is 5.98. The Labute approximate surface area is 120 Å². The number of rotatable bonds is 3. The number of nitrogens with zero attached hydrogens (tertiary/aromatic N) is 1. The van der Waals surface area contributed by atoms with Gasteiger partial charge in [0.05, 0.1) is 4.90 Å². The van der Waals surface area contributed by atoms with Gasteiger partial charge in [-0.25, -0.2) is 0 Å². The molecule has 5 nitrogen and oxygen atoms in total. The largest absolute Gasteiger partial charge is 0.504 e. The van der Waals surface area contributed by atoms with Crippen LogP contribution in [0.2, 0.25) is 5.02 Å². The molecule has 0 unspecified atom stereocenters. The third-order valence-corrected chi connectivity index (χ3v) is 3.90. The van der Waals surface area contributed by atoms with E-state index in [9.17, 15) is 13.5 Å². The van der Waals surface area contributed by atoms with Crippen molar-refractivity contribution in [1.29, 1.82) is 0 Å². The minimum Gasteiger partial charge on any atom is -0.504 e. The fourth-order valence-electron chi connectivity index (χ4n) is 1.44. The lowest BCUT2D eigenvalue weighted by Crippen LogP contribution is -1.97. The summed E-state index contributed by atoms with van der Waals surface area (Å²) >= 11 is 5.73. The molecule has 0 aliphatic heterocycles. The third-order valence-electron chi connectivity index (χ3n) is 2.43. The minimum atomic E-state index is -3.86. The van der Waals surface area contributed by atoms with E-state index < -0.39 is 10.0 Å². The molecule has 0 atom stereocenters. The predicted molar refractivity (Wildman–Crippen MR) is 76.0 cm³/mol. The van der Waals surface area contributed by atoms with E-state index in [1.54, 1.807) is 6.07 Å². The first kappa shape index (κ1) is 14.4. The molecule has 0 amide bonds. The lowest BCUT2D eigenvalue weighted by molar-refractivity contribution is 0.403. The SMILES string of the molecule is O=S(=O)(N=Cc1ccc(O)c(O)c1)c1cccc(Cl)c1. The van der Waals surface area contributed by atoms with Gasteiger partial charge in [-0.15, -0.1) is 0 Å². The molecule has 0 saturated carbocycles. The van der Waals surface area contributed by atoms with Gasteiger partial charge in [-0.05, 0) is 42.0 Å². The maximum Gasteiger partial charge on any atom is 0.282 e. The van der Waals surface area contributed by atoms with Gasteiger partial charge in [0.25, 0.3) is 10.0 Å². The van der Waals surface area contributed by atoms with Crippen LogP contribution in [-0.2, 0) is 10.0 Å². The van der Waals surface area contributed by atoms with Crippen molar-refractivity contribution in [2.24, 2.45) is 4.40 Å². The molecule has 2 rings (SSSR count). The highest BCUT2D eigenvalue weighted by Gasteiger charge is 2.11. The van der Waals surface area contributed by atoms with Crippen molar-refractivity contribution in [2.45, 2.75) is 4.90 Å². The van der Waals surface area contributed by atoms with Crippen molar-refractivity contribution in [3.63, 3.8) is 0 Å². The Kier molecular flexibility index (Phi) is 3.96. The van der Waals surface area contributed by atoms with Crippen LogP contribution in [0.5, 0.6) is 11.5 Å². The molecule has 0 radical (unpaired) electrons. The summed E-state index contributed by atoms with van der Waals surface area (Å²) in [6.07, 6.45) is 1.08. The number of aromatic hydroxyl groups is 2. The average molecular weight is 312 g/mol. The lowest BCUT2D eigenvalue weighted by Gasteiger charge is -2.00. The maximum absolute atomic E-state index is 11.9. The number of hydrogen-bond donors (Lipinski definition) is 2. The molecule has 0 fully saturated rings. The highest BCUT2D eigenvalue weighted by Crippen LogP contribution is 2.24. The molecule has 2 N–H and O–H groups in total. The molecule has 104 valence electrons. The van der Waals surface area contributed by atoms with Gasteiger partial charge in [0.1, 0.15) is 0 Å². The molecule has 20 heavy (non-hydrogen) atoms. The van der Waals surface area contributed by atoms with Crippen LogP contribution in [-0.4, -0.2) is 24.8 Å². The van der Waals surface area contributed by atoms with Gasteiger partial charge in [0.2, 0.25) is 0 Å². The zero-order valence-corrected chi connectivity index (χ0v) is 11.6. The van der Waals surface area contributed by atoms with Crippen LogP contribution in [0.1, 0.15) is 5.56 Å². The predicted octanol–water partition coefficient (Wildman–Crippen LogP) is 2.56. The summed E-state index contributed by atoms with van der Waals surface area (Å²) in [4.78, 5) is -0.0238. The number of halogens is 1. The van der Waals surface area contributed by atoms with Gasteiger partial charge in [-0.2, -0.15) is 12.8 Å². The van der Waals surface area contributed by atoms with E-state index >= 15 is 0 Å². The minimum absolute atomic E-state index is 0.0238. The van der Waals surface area contributed by atoms with Crippen LogP contribution in [0.15, 0.2) is 51.8 Å². The number of phenolic OH excluding ortho intramolecular Hbond substituents is 2. The summed E-state index contributed by atoms with van der Waals surface area (Å²) in [5.74, 6) is -0.644. The lowest BCUT2D eigenvalue weighted by atomic mass is 10.2. The van der Waals surface area contributed by atoms with Crippen molar-refractivity contribution in [1.82, 2.24) is 0 Å². The number of benzene rings is 2. The van der Waals surface area contributed by atoms with E-state index in [0.29, 0.717) is 10.6 Å². The fourth-order valence-corrected chi connectivity index (χ4v) is 2.60. The van der Waals surface area contributed by atoms with Crippen LogP contribution in [0.4, 0.5) is 0 Å². The molecular weight excluding hydrogens is 302 g/mol. The van der Waals surface area contributed by atoms with Gasteiger partial charge in [0, 0.05) is 11.2 Å². The van der Waals surface area contributed by atoms with Gasteiger partial charge in [0.15, 0.2) is 11.5 Å². The first-order valence-corrected chi connectivity index (χ1v) is 7.28. The molecule has 0 aliphatic carbocycles. The second kappa shape index (κ2) is 5.52. The zero-order chi connectivity index (χ0) is 14.8. The van der Waals surface area contributed by atoms with Crippen molar-refractivity contribution in [3.05, 3.63) is 53.1 Å². The number of phenols is 2. The maximum atomic E-state index is 11.9. The first-order valence-electron chi connectivity index (χ1n) is 5.46. The normalized spacial score (nSPS) is 11.8. The van der Waals surface area contributed by atoms with E-state index in [1.807, 2.05) is 0 Å². The summed E-state index contributed by atoms with van der Waals surface area (Å²) in [5.41, 5.74) is 0.339.